The number of methoxy groups -OCH3 is 1. The Balaban J connectivity index is 1.67. The number of carbonyl (C=O) groups is 1. The highest BCUT2D eigenvalue weighted by molar-refractivity contribution is 7.89. The Kier molecular flexibility index (Phi) is 5.24. The third-order valence-corrected chi connectivity index (χ3v) is 4.64. The number of para-hydroxylation sites is 1. The molecule has 2 N–H and O–H groups in total. The smallest absolute Gasteiger partial charge is 0.338 e. The number of aromatic nitrogens is 1. The summed E-state index contributed by atoms with van der Waals surface area (Å²) in [6, 6.07) is 14.1. The van der Waals surface area contributed by atoms with Crippen molar-refractivity contribution in [2.45, 2.75) is 11.5 Å². The summed E-state index contributed by atoms with van der Waals surface area (Å²) in [4.78, 5) is 12.0. The van der Waals surface area contributed by atoms with E-state index in [2.05, 4.69) is 5.16 Å². The summed E-state index contributed by atoms with van der Waals surface area (Å²) < 4.78 is 38.1. The second kappa shape index (κ2) is 7.60. The van der Waals surface area contributed by atoms with Gasteiger partial charge in [-0.05, 0) is 36.4 Å². The first-order valence-corrected chi connectivity index (χ1v) is 9.32. The third-order valence-electron chi connectivity index (χ3n) is 3.71. The van der Waals surface area contributed by atoms with Crippen molar-refractivity contribution in [3.63, 3.8) is 0 Å². The van der Waals surface area contributed by atoms with Crippen molar-refractivity contribution in [2.24, 2.45) is 5.14 Å². The van der Waals surface area contributed by atoms with Gasteiger partial charge in [0.15, 0.2) is 12.4 Å². The molecule has 0 bridgehead atoms. The normalized spacial score (nSPS) is 11.2. The van der Waals surface area contributed by atoms with Gasteiger partial charge in [-0.25, -0.2) is 18.4 Å². The van der Waals surface area contributed by atoms with Crippen LogP contribution in [0.3, 0.4) is 0 Å². The van der Waals surface area contributed by atoms with E-state index in [1.807, 2.05) is 18.2 Å². The zero-order chi connectivity index (χ0) is 19.4. The molecule has 0 radical (unpaired) electrons. The van der Waals surface area contributed by atoms with Crippen molar-refractivity contribution in [2.75, 3.05) is 7.11 Å². The van der Waals surface area contributed by atoms with Crippen LogP contribution in [-0.2, 0) is 21.4 Å². The van der Waals surface area contributed by atoms with Gasteiger partial charge in [0.05, 0.1) is 17.6 Å². The number of carbonyl (C=O) groups excluding carboxylic acids is 1. The monoisotopic (exact) mass is 388 g/mol. The molecule has 0 saturated heterocycles. The van der Waals surface area contributed by atoms with Crippen LogP contribution < -0.4 is 9.88 Å². The van der Waals surface area contributed by atoms with Gasteiger partial charge in [0.1, 0.15) is 11.4 Å². The number of esters is 1. The number of ether oxygens (including phenoxy) is 2. The maximum atomic E-state index is 12.1. The number of nitrogens with two attached hydrogens (primary N) is 1. The van der Waals surface area contributed by atoms with Crippen LogP contribution in [0.1, 0.15) is 16.1 Å². The maximum Gasteiger partial charge on any atom is 0.338 e. The van der Waals surface area contributed by atoms with Gasteiger partial charge in [-0.2, -0.15) is 0 Å². The number of hydrogen-bond donors (Lipinski definition) is 1. The van der Waals surface area contributed by atoms with Crippen LogP contribution in [0.4, 0.5) is 0 Å². The molecule has 1 aromatic heterocycles. The van der Waals surface area contributed by atoms with Crippen molar-refractivity contribution in [1.82, 2.24) is 5.16 Å². The minimum Gasteiger partial charge on any atom is -0.496 e. The molecule has 0 unspecified atom stereocenters. The average Bonchev–Trinajstić information content (AvgIpc) is 3.14. The zero-order valence-corrected chi connectivity index (χ0v) is 15.1. The minimum atomic E-state index is -3.82. The third kappa shape index (κ3) is 4.33. The number of nitrogens with zero attached hydrogens (tertiary/aromatic N) is 1. The van der Waals surface area contributed by atoms with Crippen LogP contribution in [0.5, 0.6) is 5.75 Å². The fourth-order valence-corrected chi connectivity index (χ4v) is 2.88. The van der Waals surface area contributed by atoms with Crippen molar-refractivity contribution in [3.05, 3.63) is 65.9 Å². The van der Waals surface area contributed by atoms with Crippen LogP contribution >= 0.6 is 0 Å². The molecule has 3 aromatic rings. The summed E-state index contributed by atoms with van der Waals surface area (Å²) in [5, 5.41) is 8.97. The average molecular weight is 388 g/mol. The lowest BCUT2D eigenvalue weighted by molar-refractivity contribution is 0.0437. The van der Waals surface area contributed by atoms with Crippen molar-refractivity contribution in [1.29, 1.82) is 0 Å². The molecule has 0 spiro atoms. The maximum absolute atomic E-state index is 12.1. The molecular weight excluding hydrogens is 372 g/mol. The number of benzene rings is 2. The summed E-state index contributed by atoms with van der Waals surface area (Å²) in [7, 11) is -2.26. The zero-order valence-electron chi connectivity index (χ0n) is 14.3. The van der Waals surface area contributed by atoms with Crippen LogP contribution in [0.25, 0.3) is 11.3 Å². The van der Waals surface area contributed by atoms with E-state index in [-0.39, 0.29) is 17.1 Å². The standard InChI is InChI=1S/C18H16N2O6S/c1-24-17-5-3-2-4-15(17)16-10-13(26-20-16)11-25-18(21)12-6-8-14(9-7-12)27(19,22)23/h2-10H,11H2,1H3,(H2,19,22,23). The Morgan fingerprint density at radius 2 is 1.85 bits per heavy atom. The molecule has 27 heavy (non-hydrogen) atoms. The van der Waals surface area contributed by atoms with Crippen LogP contribution in [0.2, 0.25) is 0 Å². The van der Waals surface area contributed by atoms with E-state index in [9.17, 15) is 13.2 Å². The van der Waals surface area contributed by atoms with Crippen LogP contribution in [0, 0.1) is 0 Å². The van der Waals surface area contributed by atoms with Crippen molar-refractivity contribution >= 4 is 16.0 Å². The SMILES string of the molecule is COc1ccccc1-c1cc(COC(=O)c2ccc(S(N)(=O)=O)cc2)on1. The molecule has 0 aliphatic rings. The molecule has 2 aromatic carbocycles. The quantitative estimate of drug-likeness (QED) is 0.643. The van der Waals surface area contributed by atoms with E-state index in [1.54, 1.807) is 19.2 Å². The second-order valence-corrected chi connectivity index (χ2v) is 7.09. The Morgan fingerprint density at radius 3 is 2.52 bits per heavy atom. The summed E-state index contributed by atoms with van der Waals surface area (Å²) >= 11 is 0. The highest BCUT2D eigenvalue weighted by Crippen LogP contribution is 2.29. The number of primary sulfonamides is 1. The number of sulfonamides is 1. The first-order chi connectivity index (χ1) is 12.9. The number of rotatable bonds is 6. The summed E-state index contributed by atoms with van der Waals surface area (Å²) in [6.45, 7) is -0.127. The molecule has 0 saturated carbocycles. The van der Waals surface area contributed by atoms with E-state index in [4.69, 9.17) is 19.1 Å². The first-order valence-electron chi connectivity index (χ1n) is 7.77. The molecule has 1 heterocycles. The molecule has 8 nitrogen and oxygen atoms in total. The predicted octanol–water partition coefficient (Wildman–Crippen LogP) is 2.35. The van der Waals surface area contributed by atoms with Crippen molar-refractivity contribution < 1.29 is 27.2 Å². The molecule has 9 heteroatoms. The highest BCUT2D eigenvalue weighted by atomic mass is 32.2. The van der Waals surface area contributed by atoms with E-state index < -0.39 is 16.0 Å². The van der Waals surface area contributed by atoms with Gasteiger partial charge >= 0.3 is 5.97 Å². The highest BCUT2D eigenvalue weighted by Gasteiger charge is 2.14. The lowest BCUT2D eigenvalue weighted by Gasteiger charge is -2.04. The van der Waals surface area contributed by atoms with Crippen LogP contribution in [-0.4, -0.2) is 26.7 Å². The lowest BCUT2D eigenvalue weighted by Crippen LogP contribution is -2.12. The van der Waals surface area contributed by atoms with Gasteiger partial charge < -0.3 is 14.0 Å². The fraction of sp³-hybridized carbons (Fsp3) is 0.111. The summed E-state index contributed by atoms with van der Waals surface area (Å²) in [6.07, 6.45) is 0. The molecule has 0 aliphatic heterocycles. The van der Waals surface area contributed by atoms with Gasteiger partial charge in [-0.3, -0.25) is 0 Å². The topological polar surface area (TPSA) is 122 Å². The van der Waals surface area contributed by atoms with E-state index in [0.717, 1.165) is 5.56 Å². The molecular formula is C18H16N2O6S. The first kappa shape index (κ1) is 18.6. The predicted molar refractivity (Wildman–Crippen MR) is 95.4 cm³/mol. The van der Waals surface area contributed by atoms with E-state index >= 15 is 0 Å². The Hall–Kier alpha value is -3.17. The Labute approximate surface area is 155 Å². The number of hydrogen-bond acceptors (Lipinski definition) is 7. The molecule has 0 aliphatic carbocycles. The van der Waals surface area contributed by atoms with Gasteiger partial charge in [0.2, 0.25) is 10.0 Å². The molecule has 3 rings (SSSR count). The Morgan fingerprint density at radius 1 is 1.15 bits per heavy atom. The minimum absolute atomic E-state index is 0.0873. The van der Waals surface area contributed by atoms with E-state index in [0.29, 0.717) is 17.2 Å². The fourth-order valence-electron chi connectivity index (χ4n) is 2.36. The molecule has 140 valence electrons. The summed E-state index contributed by atoms with van der Waals surface area (Å²) in [5.41, 5.74) is 1.49. The van der Waals surface area contributed by atoms with Crippen molar-refractivity contribution in [3.8, 4) is 17.0 Å². The van der Waals surface area contributed by atoms with Gasteiger partial charge in [-0.15, -0.1) is 0 Å². The van der Waals surface area contributed by atoms with Gasteiger partial charge in [-0.1, -0.05) is 17.3 Å². The van der Waals surface area contributed by atoms with E-state index in [1.165, 1.54) is 24.3 Å². The molecule has 0 atom stereocenters. The lowest BCUT2D eigenvalue weighted by atomic mass is 10.1. The molecule has 0 amide bonds. The van der Waals surface area contributed by atoms with Gasteiger partial charge in [0, 0.05) is 11.6 Å². The summed E-state index contributed by atoms with van der Waals surface area (Å²) in [5.74, 6) is 0.362. The molecule has 0 fully saturated rings. The largest absolute Gasteiger partial charge is 0.496 e. The van der Waals surface area contributed by atoms with Gasteiger partial charge in [0.25, 0.3) is 0 Å². The van der Waals surface area contributed by atoms with Crippen LogP contribution in [0.15, 0.2) is 64.0 Å². The Bertz CT molecular complexity index is 1060. The second-order valence-electron chi connectivity index (χ2n) is 5.52.